The number of rotatable bonds is 5. The van der Waals surface area contributed by atoms with E-state index in [4.69, 9.17) is 0 Å². The first-order chi connectivity index (χ1) is 11.6. The van der Waals surface area contributed by atoms with Gasteiger partial charge in [0.15, 0.2) is 0 Å². The molecule has 0 bridgehead atoms. The van der Waals surface area contributed by atoms with Gasteiger partial charge >= 0.3 is 5.13 Å². The van der Waals surface area contributed by atoms with E-state index in [9.17, 15) is 0 Å². The Morgan fingerprint density at radius 2 is 1.80 bits per heavy atom. The van der Waals surface area contributed by atoms with Gasteiger partial charge in [0.1, 0.15) is 17.9 Å². The number of nitrogens with zero attached hydrogens (tertiary/aromatic N) is 1. The molecule has 0 unspecified atom stereocenters. The lowest BCUT2D eigenvalue weighted by Gasteiger charge is -2.07. The van der Waals surface area contributed by atoms with E-state index in [-0.39, 0.29) is 17.0 Å². The zero-order valence-electron chi connectivity index (χ0n) is 14.8. The third-order valence-corrected chi connectivity index (χ3v) is 5.21. The molecule has 1 heterocycles. The summed E-state index contributed by atoms with van der Waals surface area (Å²) in [5, 5.41) is 6.94. The van der Waals surface area contributed by atoms with Crippen LogP contribution < -0.4 is 26.9 Å². The number of hydrogen-bond acceptors (Lipinski definition) is 2. The van der Waals surface area contributed by atoms with E-state index < -0.39 is 0 Å². The van der Waals surface area contributed by atoms with Gasteiger partial charge in [-0.1, -0.05) is 66.0 Å². The van der Waals surface area contributed by atoms with Crippen LogP contribution in [-0.4, -0.2) is 0 Å². The summed E-state index contributed by atoms with van der Waals surface area (Å²) >= 11 is 1.73. The fraction of sp³-hybridized carbons (Fsp3) is 0.190. The third-order valence-electron chi connectivity index (χ3n) is 4.32. The summed E-state index contributed by atoms with van der Waals surface area (Å²) in [6, 6.07) is 15.0. The van der Waals surface area contributed by atoms with Crippen molar-refractivity contribution in [1.29, 1.82) is 0 Å². The van der Waals surface area contributed by atoms with Gasteiger partial charge in [0.2, 0.25) is 0 Å². The average molecular weight is 415 g/mol. The zero-order chi connectivity index (χ0) is 17.1. The summed E-state index contributed by atoms with van der Waals surface area (Å²) in [5.74, 6) is 0. The van der Waals surface area contributed by atoms with Crippen molar-refractivity contribution in [3.8, 4) is 11.3 Å². The molecule has 130 valence electrons. The summed E-state index contributed by atoms with van der Waals surface area (Å²) in [5.41, 5.74) is 7.46. The van der Waals surface area contributed by atoms with Gasteiger partial charge in [-0.05, 0) is 38.0 Å². The van der Waals surface area contributed by atoms with E-state index in [1.807, 2.05) is 6.08 Å². The Morgan fingerprint density at radius 1 is 1.08 bits per heavy atom. The van der Waals surface area contributed by atoms with E-state index in [1.165, 1.54) is 27.9 Å². The number of halogens is 1. The van der Waals surface area contributed by atoms with Crippen molar-refractivity contribution < 1.29 is 21.5 Å². The average Bonchev–Trinajstić information content (AvgIpc) is 2.96. The molecular formula is C21H23BrN2S. The molecule has 0 aliphatic rings. The van der Waals surface area contributed by atoms with Crippen molar-refractivity contribution in [2.75, 3.05) is 5.32 Å². The number of benzene rings is 2. The number of thiazole rings is 1. The minimum Gasteiger partial charge on any atom is -1.00 e. The molecule has 0 fully saturated rings. The summed E-state index contributed by atoms with van der Waals surface area (Å²) in [4.78, 5) is 0. The molecule has 2 nitrogen and oxygen atoms in total. The van der Waals surface area contributed by atoms with Crippen LogP contribution in [0.5, 0.6) is 0 Å². The summed E-state index contributed by atoms with van der Waals surface area (Å²) in [7, 11) is 0. The van der Waals surface area contributed by atoms with E-state index >= 15 is 0 Å². The lowest BCUT2D eigenvalue weighted by Crippen LogP contribution is -3.00. The fourth-order valence-corrected chi connectivity index (χ4v) is 3.66. The van der Waals surface area contributed by atoms with E-state index in [0.29, 0.717) is 0 Å². The highest BCUT2D eigenvalue weighted by Crippen LogP contribution is 2.28. The van der Waals surface area contributed by atoms with Crippen LogP contribution in [0.15, 0.2) is 60.5 Å². The van der Waals surface area contributed by atoms with Crippen LogP contribution in [0.25, 0.3) is 11.3 Å². The van der Waals surface area contributed by atoms with Gasteiger partial charge in [-0.25, -0.2) is 9.88 Å². The predicted molar refractivity (Wildman–Crippen MR) is 104 cm³/mol. The minimum atomic E-state index is 0. The molecule has 3 rings (SSSR count). The first-order valence-electron chi connectivity index (χ1n) is 8.12. The second-order valence-electron chi connectivity index (χ2n) is 6.06. The van der Waals surface area contributed by atoms with Crippen molar-refractivity contribution >= 4 is 22.2 Å². The fourth-order valence-electron chi connectivity index (χ4n) is 2.71. The molecule has 1 N–H and O–H groups in total. The largest absolute Gasteiger partial charge is 1.00 e. The van der Waals surface area contributed by atoms with Gasteiger partial charge in [-0.2, -0.15) is 0 Å². The van der Waals surface area contributed by atoms with Crippen LogP contribution >= 0.6 is 11.3 Å². The Bertz CT molecular complexity index is 866. The highest BCUT2D eigenvalue weighted by molar-refractivity contribution is 7.13. The Morgan fingerprint density at radius 3 is 2.48 bits per heavy atom. The maximum atomic E-state index is 3.92. The molecular weight excluding hydrogens is 392 g/mol. The number of aryl methyl sites for hydroxylation is 2. The molecule has 25 heavy (non-hydrogen) atoms. The Labute approximate surface area is 164 Å². The van der Waals surface area contributed by atoms with Crippen LogP contribution in [0.2, 0.25) is 0 Å². The molecule has 0 aliphatic carbocycles. The van der Waals surface area contributed by atoms with Crippen LogP contribution in [0.1, 0.15) is 16.7 Å². The summed E-state index contributed by atoms with van der Waals surface area (Å²) in [6.45, 7) is 11.1. The Balaban J connectivity index is 0.00000225. The van der Waals surface area contributed by atoms with Gasteiger partial charge in [0.05, 0.1) is 0 Å². The highest BCUT2D eigenvalue weighted by Gasteiger charge is 2.19. The molecule has 0 radical (unpaired) electrons. The molecule has 3 aromatic rings. The SMILES string of the molecule is C=CC[n+]1c(-c2ccc(C)cc2)csc1Nc1cccc(C)c1C.[Br-]. The standard InChI is InChI=1S/C21H22N2S.BrH/c1-5-13-23-20(18-11-9-15(2)10-12-18)14-24-21(23)22-19-8-6-7-16(3)17(19)4;/h5-12,14H,1,13H2,2-4H3;1H. The van der Waals surface area contributed by atoms with Crippen LogP contribution in [0.3, 0.4) is 0 Å². The van der Waals surface area contributed by atoms with Gasteiger partial charge < -0.3 is 17.0 Å². The van der Waals surface area contributed by atoms with Crippen molar-refractivity contribution in [3.63, 3.8) is 0 Å². The maximum Gasteiger partial charge on any atom is 0.339 e. The molecule has 0 saturated carbocycles. The molecule has 0 atom stereocenters. The molecule has 2 aromatic carbocycles. The maximum absolute atomic E-state index is 3.92. The highest BCUT2D eigenvalue weighted by atomic mass is 79.9. The molecule has 0 aliphatic heterocycles. The van der Waals surface area contributed by atoms with E-state index in [2.05, 4.69) is 85.1 Å². The van der Waals surface area contributed by atoms with Crippen molar-refractivity contribution in [3.05, 3.63) is 77.2 Å². The molecule has 0 amide bonds. The smallest absolute Gasteiger partial charge is 0.339 e. The lowest BCUT2D eigenvalue weighted by molar-refractivity contribution is -0.657. The van der Waals surface area contributed by atoms with Crippen molar-refractivity contribution in [2.24, 2.45) is 0 Å². The second-order valence-corrected chi connectivity index (χ2v) is 6.92. The molecule has 0 saturated heterocycles. The lowest BCUT2D eigenvalue weighted by atomic mass is 10.1. The number of nitrogens with one attached hydrogen (secondary N) is 1. The zero-order valence-corrected chi connectivity index (χ0v) is 17.2. The van der Waals surface area contributed by atoms with Gasteiger partial charge in [-0.15, -0.1) is 0 Å². The van der Waals surface area contributed by atoms with Crippen molar-refractivity contribution in [2.45, 2.75) is 27.3 Å². The quantitative estimate of drug-likeness (QED) is 0.501. The Hall–Kier alpha value is -1.91. The van der Waals surface area contributed by atoms with Gasteiger partial charge in [0, 0.05) is 10.9 Å². The number of allylic oxidation sites excluding steroid dienone is 1. The van der Waals surface area contributed by atoms with Crippen LogP contribution in [0.4, 0.5) is 10.8 Å². The molecule has 0 spiro atoms. The third kappa shape index (κ3) is 4.20. The summed E-state index contributed by atoms with van der Waals surface area (Å²) < 4.78 is 2.28. The first kappa shape index (κ1) is 19.4. The molecule has 1 aromatic heterocycles. The summed E-state index contributed by atoms with van der Waals surface area (Å²) in [6.07, 6.45) is 1.94. The van der Waals surface area contributed by atoms with E-state index in [0.717, 1.165) is 17.4 Å². The van der Waals surface area contributed by atoms with Crippen LogP contribution in [-0.2, 0) is 6.54 Å². The minimum absolute atomic E-state index is 0. The van der Waals surface area contributed by atoms with E-state index in [1.54, 1.807) is 11.3 Å². The second kappa shape index (κ2) is 8.45. The van der Waals surface area contributed by atoms with Gasteiger partial charge in [0.25, 0.3) is 0 Å². The normalized spacial score (nSPS) is 10.2. The van der Waals surface area contributed by atoms with Crippen molar-refractivity contribution in [1.82, 2.24) is 0 Å². The first-order valence-corrected chi connectivity index (χ1v) is 9.00. The van der Waals surface area contributed by atoms with Crippen LogP contribution in [0, 0.1) is 20.8 Å². The number of hydrogen-bond donors (Lipinski definition) is 1. The number of aromatic nitrogens is 1. The monoisotopic (exact) mass is 414 g/mol. The Kier molecular flexibility index (Phi) is 6.57. The van der Waals surface area contributed by atoms with Gasteiger partial charge in [-0.3, -0.25) is 0 Å². The number of anilines is 2. The predicted octanol–water partition coefficient (Wildman–Crippen LogP) is 2.56. The topological polar surface area (TPSA) is 15.9 Å². The molecule has 4 heteroatoms.